The third kappa shape index (κ3) is 6.07. The lowest BCUT2D eigenvalue weighted by atomic mass is 9.94. The summed E-state index contributed by atoms with van der Waals surface area (Å²) in [6, 6.07) is 8.42. The molecule has 0 unspecified atom stereocenters. The van der Waals surface area contributed by atoms with Crippen molar-refractivity contribution < 1.29 is 14.6 Å². The van der Waals surface area contributed by atoms with Crippen LogP contribution in [0.25, 0.3) is 0 Å². The van der Waals surface area contributed by atoms with E-state index < -0.39 is 5.97 Å². The molecular formula is C18H27NO3S. The van der Waals surface area contributed by atoms with Gasteiger partial charge in [0.05, 0.1) is 6.54 Å². The van der Waals surface area contributed by atoms with Gasteiger partial charge >= 0.3 is 5.97 Å². The van der Waals surface area contributed by atoms with Crippen LogP contribution in [0.5, 0.6) is 5.75 Å². The Morgan fingerprint density at radius 2 is 1.96 bits per heavy atom. The molecule has 0 amide bonds. The normalized spacial score (nSPS) is 17.2. The van der Waals surface area contributed by atoms with E-state index in [-0.39, 0.29) is 12.6 Å². The Bertz CT molecular complexity index is 486. The number of hydrogen-bond donors (Lipinski definition) is 1. The molecule has 1 aromatic carbocycles. The second kappa shape index (κ2) is 9.18. The Hall–Kier alpha value is -1.20. The number of benzene rings is 1. The molecule has 0 bridgehead atoms. The molecule has 1 aromatic rings. The zero-order valence-electron chi connectivity index (χ0n) is 14.0. The fourth-order valence-corrected chi connectivity index (χ4v) is 3.63. The quantitative estimate of drug-likeness (QED) is 0.729. The Labute approximate surface area is 143 Å². The molecular weight excluding hydrogens is 310 g/mol. The van der Waals surface area contributed by atoms with Crippen LogP contribution in [-0.4, -0.2) is 47.5 Å². The molecule has 1 aliphatic carbocycles. The minimum absolute atomic E-state index is 0.0311. The maximum atomic E-state index is 11.2. The highest BCUT2D eigenvalue weighted by Gasteiger charge is 2.24. The summed E-state index contributed by atoms with van der Waals surface area (Å²) in [5.74, 6) is 0.0846. The van der Waals surface area contributed by atoms with Crippen LogP contribution in [0.4, 0.5) is 0 Å². The van der Waals surface area contributed by atoms with Gasteiger partial charge in [-0.1, -0.05) is 19.3 Å². The van der Waals surface area contributed by atoms with Gasteiger partial charge in [-0.05, 0) is 50.3 Å². The number of ether oxygens (including phenoxy) is 1. The smallest absolute Gasteiger partial charge is 0.317 e. The number of carboxylic acids is 1. The average molecular weight is 337 g/mol. The van der Waals surface area contributed by atoms with E-state index in [1.54, 1.807) is 11.8 Å². The second-order valence-corrected chi connectivity index (χ2v) is 7.10. The lowest BCUT2D eigenvalue weighted by molar-refractivity contribution is -0.139. The molecule has 0 radical (unpaired) electrons. The summed E-state index contributed by atoms with van der Waals surface area (Å²) in [5.41, 5.74) is 0. The standard InChI is InChI=1S/C18H27NO3S/c1-14(22-16-8-10-17(23-2)11-9-16)12-19(13-18(20)21)15-6-4-3-5-7-15/h8-11,14-15H,3-7,12-13H2,1-2H3,(H,20,21)/t14-/m0/s1. The van der Waals surface area contributed by atoms with E-state index in [0.29, 0.717) is 12.6 Å². The molecule has 1 saturated carbocycles. The maximum Gasteiger partial charge on any atom is 0.317 e. The fourth-order valence-electron chi connectivity index (χ4n) is 3.22. The number of carbonyl (C=O) groups is 1. The predicted octanol–water partition coefficient (Wildman–Crippen LogP) is 3.90. The van der Waals surface area contributed by atoms with Gasteiger partial charge in [0.15, 0.2) is 0 Å². The molecule has 0 aliphatic heterocycles. The first-order valence-corrected chi connectivity index (χ1v) is 9.57. The van der Waals surface area contributed by atoms with Crippen LogP contribution in [0.2, 0.25) is 0 Å². The number of rotatable bonds is 8. The van der Waals surface area contributed by atoms with Gasteiger partial charge in [0.25, 0.3) is 0 Å². The summed E-state index contributed by atoms with van der Waals surface area (Å²) in [6.45, 7) is 2.77. The van der Waals surface area contributed by atoms with E-state index in [4.69, 9.17) is 4.74 Å². The lowest BCUT2D eigenvalue weighted by Gasteiger charge is -2.34. The number of hydrogen-bond acceptors (Lipinski definition) is 4. The van der Waals surface area contributed by atoms with E-state index in [0.717, 1.165) is 18.6 Å². The Balaban J connectivity index is 1.92. The Morgan fingerprint density at radius 1 is 1.30 bits per heavy atom. The van der Waals surface area contributed by atoms with Crippen molar-refractivity contribution in [2.45, 2.75) is 56.1 Å². The van der Waals surface area contributed by atoms with Crippen LogP contribution in [0.15, 0.2) is 29.2 Å². The van der Waals surface area contributed by atoms with Crippen molar-refractivity contribution in [2.75, 3.05) is 19.3 Å². The van der Waals surface area contributed by atoms with E-state index in [9.17, 15) is 9.90 Å². The zero-order valence-corrected chi connectivity index (χ0v) is 14.8. The molecule has 2 rings (SSSR count). The molecule has 1 aliphatic rings. The van der Waals surface area contributed by atoms with Crippen molar-refractivity contribution in [2.24, 2.45) is 0 Å². The summed E-state index contributed by atoms with van der Waals surface area (Å²) in [6.07, 6.45) is 7.89. The molecule has 0 aromatic heterocycles. The Morgan fingerprint density at radius 3 is 2.52 bits per heavy atom. The fraction of sp³-hybridized carbons (Fsp3) is 0.611. The monoisotopic (exact) mass is 337 g/mol. The van der Waals surface area contributed by atoms with Gasteiger partial charge in [0.2, 0.25) is 0 Å². The van der Waals surface area contributed by atoms with Gasteiger partial charge in [-0.15, -0.1) is 11.8 Å². The second-order valence-electron chi connectivity index (χ2n) is 6.22. The SMILES string of the molecule is CSc1ccc(O[C@@H](C)CN(CC(=O)O)C2CCCCC2)cc1. The summed E-state index contributed by atoms with van der Waals surface area (Å²) in [7, 11) is 0. The van der Waals surface area contributed by atoms with Crippen LogP contribution < -0.4 is 4.74 Å². The first-order chi connectivity index (χ1) is 11.1. The van der Waals surface area contributed by atoms with Gasteiger partial charge in [-0.25, -0.2) is 0 Å². The lowest BCUT2D eigenvalue weighted by Crippen LogP contribution is -2.45. The Kier molecular flexibility index (Phi) is 7.24. The van der Waals surface area contributed by atoms with E-state index in [1.165, 1.54) is 24.2 Å². The molecule has 0 saturated heterocycles. The van der Waals surface area contributed by atoms with Crippen molar-refractivity contribution in [3.05, 3.63) is 24.3 Å². The van der Waals surface area contributed by atoms with E-state index in [1.807, 2.05) is 37.4 Å². The van der Waals surface area contributed by atoms with Crippen LogP contribution in [0.3, 0.4) is 0 Å². The van der Waals surface area contributed by atoms with Crippen molar-refractivity contribution in [3.8, 4) is 5.75 Å². The van der Waals surface area contributed by atoms with Gasteiger partial charge < -0.3 is 9.84 Å². The summed E-state index contributed by atoms with van der Waals surface area (Å²) < 4.78 is 5.97. The van der Waals surface area contributed by atoms with E-state index >= 15 is 0 Å². The topological polar surface area (TPSA) is 49.8 Å². The molecule has 128 valence electrons. The van der Waals surface area contributed by atoms with Crippen LogP contribution >= 0.6 is 11.8 Å². The van der Waals surface area contributed by atoms with Crippen molar-refractivity contribution in [1.82, 2.24) is 4.90 Å². The molecule has 1 atom stereocenters. The minimum atomic E-state index is -0.757. The third-order valence-electron chi connectivity index (χ3n) is 4.32. The molecule has 23 heavy (non-hydrogen) atoms. The first kappa shape index (κ1) is 18.1. The summed E-state index contributed by atoms with van der Waals surface area (Å²) in [5, 5.41) is 9.19. The third-order valence-corrected chi connectivity index (χ3v) is 5.06. The van der Waals surface area contributed by atoms with Crippen molar-refractivity contribution in [3.63, 3.8) is 0 Å². The van der Waals surface area contributed by atoms with Gasteiger partial charge in [0.1, 0.15) is 11.9 Å². The highest BCUT2D eigenvalue weighted by atomic mass is 32.2. The molecule has 0 spiro atoms. The number of nitrogens with zero attached hydrogens (tertiary/aromatic N) is 1. The molecule has 5 heteroatoms. The number of aliphatic carboxylic acids is 1. The zero-order chi connectivity index (χ0) is 16.7. The van der Waals surface area contributed by atoms with Gasteiger partial charge in [0, 0.05) is 17.5 Å². The van der Waals surface area contributed by atoms with Gasteiger partial charge in [-0.3, -0.25) is 9.69 Å². The number of carboxylic acid groups (broad SMARTS) is 1. The minimum Gasteiger partial charge on any atom is -0.489 e. The number of thioether (sulfide) groups is 1. The first-order valence-electron chi connectivity index (χ1n) is 8.35. The highest BCUT2D eigenvalue weighted by molar-refractivity contribution is 7.98. The van der Waals surface area contributed by atoms with E-state index in [2.05, 4.69) is 4.90 Å². The largest absolute Gasteiger partial charge is 0.489 e. The molecule has 1 N–H and O–H groups in total. The predicted molar refractivity (Wildman–Crippen MR) is 94.4 cm³/mol. The van der Waals surface area contributed by atoms with Crippen molar-refractivity contribution >= 4 is 17.7 Å². The molecule has 4 nitrogen and oxygen atoms in total. The van der Waals surface area contributed by atoms with Crippen molar-refractivity contribution in [1.29, 1.82) is 0 Å². The maximum absolute atomic E-state index is 11.2. The summed E-state index contributed by atoms with van der Waals surface area (Å²) in [4.78, 5) is 14.5. The summed E-state index contributed by atoms with van der Waals surface area (Å²) >= 11 is 1.70. The van der Waals surface area contributed by atoms with Gasteiger partial charge in [-0.2, -0.15) is 0 Å². The van der Waals surface area contributed by atoms with Crippen LogP contribution in [0, 0.1) is 0 Å². The average Bonchev–Trinajstić information content (AvgIpc) is 2.55. The molecule has 0 heterocycles. The van der Waals surface area contributed by atoms with Crippen LogP contribution in [0.1, 0.15) is 39.0 Å². The highest BCUT2D eigenvalue weighted by Crippen LogP contribution is 2.24. The molecule has 1 fully saturated rings. The van der Waals surface area contributed by atoms with Crippen LogP contribution in [-0.2, 0) is 4.79 Å².